The summed E-state index contributed by atoms with van der Waals surface area (Å²) >= 11 is 0. The number of fused-ring (bicyclic) bond motifs is 1. The molecule has 1 N–H and O–H groups in total. The molecule has 25 heavy (non-hydrogen) atoms. The van der Waals surface area contributed by atoms with Crippen LogP contribution < -0.4 is 5.32 Å². The van der Waals surface area contributed by atoms with Crippen LogP contribution in [0.15, 0.2) is 82.4 Å². The van der Waals surface area contributed by atoms with Crippen LogP contribution in [0.25, 0.3) is 0 Å². The molecule has 4 rings (SSSR count). The SMILES string of the molecule is O=S1(=O)N=C(Nc2ccc(Cc3ccncc3)cc2)c2ccccc21. The van der Waals surface area contributed by atoms with Gasteiger partial charge in [-0.2, -0.15) is 8.42 Å². The van der Waals surface area contributed by atoms with Crippen LogP contribution in [0.3, 0.4) is 0 Å². The number of hydrogen-bond donors (Lipinski definition) is 1. The Kier molecular flexibility index (Phi) is 3.82. The number of nitrogens with one attached hydrogen (secondary N) is 1. The summed E-state index contributed by atoms with van der Waals surface area (Å²) in [6.45, 7) is 0. The lowest BCUT2D eigenvalue weighted by molar-refractivity contribution is 0.599. The highest BCUT2D eigenvalue weighted by Gasteiger charge is 2.28. The highest BCUT2D eigenvalue weighted by Crippen LogP contribution is 2.26. The normalized spacial score (nSPS) is 14.6. The van der Waals surface area contributed by atoms with Crippen molar-refractivity contribution in [1.82, 2.24) is 4.98 Å². The van der Waals surface area contributed by atoms with Crippen molar-refractivity contribution in [3.63, 3.8) is 0 Å². The van der Waals surface area contributed by atoms with Crippen molar-refractivity contribution in [2.75, 3.05) is 5.32 Å². The number of hydrogen-bond acceptors (Lipinski definition) is 4. The largest absolute Gasteiger partial charge is 0.339 e. The van der Waals surface area contributed by atoms with Crippen LogP contribution in [0, 0.1) is 0 Å². The summed E-state index contributed by atoms with van der Waals surface area (Å²) in [7, 11) is -3.60. The van der Waals surface area contributed by atoms with Gasteiger partial charge in [0.05, 0.1) is 0 Å². The number of rotatable bonds is 3. The van der Waals surface area contributed by atoms with Crippen LogP contribution in [-0.4, -0.2) is 19.2 Å². The molecule has 1 aliphatic rings. The molecule has 6 heteroatoms. The van der Waals surface area contributed by atoms with E-state index in [0.717, 1.165) is 17.7 Å². The van der Waals surface area contributed by atoms with Crippen LogP contribution in [0.5, 0.6) is 0 Å². The number of aromatic nitrogens is 1. The molecule has 0 aliphatic carbocycles. The van der Waals surface area contributed by atoms with Crippen LogP contribution >= 0.6 is 0 Å². The zero-order chi connectivity index (χ0) is 17.3. The minimum Gasteiger partial charge on any atom is -0.339 e. The Hall–Kier alpha value is -2.99. The molecule has 1 aliphatic heterocycles. The van der Waals surface area contributed by atoms with Crippen molar-refractivity contribution in [1.29, 1.82) is 0 Å². The van der Waals surface area contributed by atoms with E-state index >= 15 is 0 Å². The second-order valence-electron chi connectivity index (χ2n) is 5.77. The van der Waals surface area contributed by atoms with E-state index in [9.17, 15) is 8.42 Å². The monoisotopic (exact) mass is 349 g/mol. The van der Waals surface area contributed by atoms with E-state index < -0.39 is 10.0 Å². The molecule has 0 amide bonds. The summed E-state index contributed by atoms with van der Waals surface area (Å²) in [6.07, 6.45) is 4.38. The Morgan fingerprint density at radius 2 is 1.52 bits per heavy atom. The fraction of sp³-hybridized carbons (Fsp3) is 0.0526. The molecule has 124 valence electrons. The number of pyridine rings is 1. The van der Waals surface area contributed by atoms with Gasteiger partial charge in [-0.3, -0.25) is 4.98 Å². The minimum atomic E-state index is -3.60. The summed E-state index contributed by atoms with van der Waals surface area (Å²) in [6, 6.07) is 18.7. The van der Waals surface area contributed by atoms with Crippen molar-refractivity contribution in [3.05, 3.63) is 89.7 Å². The highest BCUT2D eigenvalue weighted by molar-refractivity contribution is 7.90. The molecule has 1 aromatic heterocycles. The van der Waals surface area contributed by atoms with Crippen molar-refractivity contribution in [2.45, 2.75) is 11.3 Å². The van der Waals surface area contributed by atoms with Gasteiger partial charge in [0.15, 0.2) is 5.84 Å². The maximum absolute atomic E-state index is 12.1. The molecular weight excluding hydrogens is 334 g/mol. The van der Waals surface area contributed by atoms with E-state index in [2.05, 4.69) is 14.7 Å². The van der Waals surface area contributed by atoms with Gasteiger partial charge in [0.1, 0.15) is 4.90 Å². The maximum Gasteiger partial charge on any atom is 0.285 e. The lowest BCUT2D eigenvalue weighted by atomic mass is 10.1. The number of sulfonamides is 1. The zero-order valence-corrected chi connectivity index (χ0v) is 14.1. The second kappa shape index (κ2) is 6.14. The predicted molar refractivity (Wildman–Crippen MR) is 97.3 cm³/mol. The van der Waals surface area contributed by atoms with Crippen LogP contribution in [0.1, 0.15) is 16.7 Å². The van der Waals surface area contributed by atoms with E-state index in [1.165, 1.54) is 5.56 Å². The molecular formula is C19H15N3O2S. The molecule has 0 saturated carbocycles. The van der Waals surface area contributed by atoms with Crippen molar-refractivity contribution in [2.24, 2.45) is 4.40 Å². The molecule has 0 unspecified atom stereocenters. The Morgan fingerprint density at radius 3 is 2.28 bits per heavy atom. The third kappa shape index (κ3) is 3.16. The second-order valence-corrected chi connectivity index (χ2v) is 7.34. The first-order valence-electron chi connectivity index (χ1n) is 7.81. The molecule has 2 heterocycles. The number of amidine groups is 1. The average molecular weight is 349 g/mol. The van der Waals surface area contributed by atoms with E-state index in [4.69, 9.17) is 0 Å². The van der Waals surface area contributed by atoms with Gasteiger partial charge in [-0.15, -0.1) is 4.40 Å². The topological polar surface area (TPSA) is 71.4 Å². The van der Waals surface area contributed by atoms with Gasteiger partial charge in [-0.1, -0.05) is 24.3 Å². The third-order valence-electron chi connectivity index (χ3n) is 4.01. The first-order chi connectivity index (χ1) is 12.1. The Bertz CT molecular complexity index is 1040. The first-order valence-corrected chi connectivity index (χ1v) is 9.25. The van der Waals surface area contributed by atoms with Gasteiger partial charge in [-0.25, -0.2) is 0 Å². The Labute approximate surface area is 146 Å². The van der Waals surface area contributed by atoms with Gasteiger partial charge in [0.25, 0.3) is 10.0 Å². The number of anilines is 1. The van der Waals surface area contributed by atoms with Crippen LogP contribution in [0.4, 0.5) is 5.69 Å². The highest BCUT2D eigenvalue weighted by atomic mass is 32.2. The molecule has 2 aromatic carbocycles. The molecule has 5 nitrogen and oxygen atoms in total. The standard InChI is InChI=1S/C19H15N3O2S/c23-25(24)18-4-2-1-3-17(18)19(22-25)21-16-7-5-14(6-8-16)13-15-9-11-20-12-10-15/h1-12H,13H2,(H,21,22). The van der Waals surface area contributed by atoms with Gasteiger partial charge in [0.2, 0.25) is 0 Å². The first kappa shape index (κ1) is 15.5. The van der Waals surface area contributed by atoms with Crippen molar-refractivity contribution in [3.8, 4) is 0 Å². The van der Waals surface area contributed by atoms with Crippen molar-refractivity contribution >= 4 is 21.5 Å². The Balaban J connectivity index is 1.55. The Morgan fingerprint density at radius 1 is 0.840 bits per heavy atom. The number of nitrogens with zero attached hydrogens (tertiary/aromatic N) is 2. The number of benzene rings is 2. The summed E-state index contributed by atoms with van der Waals surface area (Å²) in [5.74, 6) is 0.359. The smallest absolute Gasteiger partial charge is 0.285 e. The molecule has 3 aromatic rings. The molecule has 0 atom stereocenters. The lowest BCUT2D eigenvalue weighted by Gasteiger charge is -2.08. The van der Waals surface area contributed by atoms with Gasteiger partial charge < -0.3 is 5.32 Å². The summed E-state index contributed by atoms with van der Waals surface area (Å²) in [4.78, 5) is 4.26. The zero-order valence-electron chi connectivity index (χ0n) is 13.3. The molecule has 0 saturated heterocycles. The summed E-state index contributed by atoms with van der Waals surface area (Å²) in [5.41, 5.74) is 3.75. The average Bonchev–Trinajstić information content (AvgIpc) is 2.88. The molecule has 0 radical (unpaired) electrons. The van der Waals surface area contributed by atoms with Gasteiger partial charge in [-0.05, 0) is 53.9 Å². The third-order valence-corrected chi connectivity index (χ3v) is 5.34. The fourth-order valence-corrected chi connectivity index (χ4v) is 3.95. The summed E-state index contributed by atoms with van der Waals surface area (Å²) in [5, 5.41) is 3.10. The minimum absolute atomic E-state index is 0.242. The van der Waals surface area contributed by atoms with E-state index in [-0.39, 0.29) is 4.90 Å². The maximum atomic E-state index is 12.1. The molecule has 0 spiro atoms. The molecule has 0 bridgehead atoms. The van der Waals surface area contributed by atoms with Crippen LogP contribution in [0.2, 0.25) is 0 Å². The summed E-state index contributed by atoms with van der Waals surface area (Å²) < 4.78 is 28.0. The van der Waals surface area contributed by atoms with E-state index in [1.807, 2.05) is 36.4 Å². The quantitative estimate of drug-likeness (QED) is 0.788. The van der Waals surface area contributed by atoms with E-state index in [0.29, 0.717) is 11.4 Å². The fourth-order valence-electron chi connectivity index (χ4n) is 2.77. The van der Waals surface area contributed by atoms with Crippen LogP contribution in [-0.2, 0) is 16.4 Å². The van der Waals surface area contributed by atoms with Gasteiger partial charge in [0, 0.05) is 23.6 Å². The predicted octanol–water partition coefficient (Wildman–Crippen LogP) is 3.23. The van der Waals surface area contributed by atoms with Gasteiger partial charge >= 0.3 is 0 Å². The van der Waals surface area contributed by atoms with E-state index in [1.54, 1.807) is 36.7 Å². The molecule has 0 fully saturated rings. The lowest BCUT2D eigenvalue weighted by Crippen LogP contribution is -2.11. The van der Waals surface area contributed by atoms with Crippen molar-refractivity contribution < 1.29 is 8.42 Å².